The summed E-state index contributed by atoms with van der Waals surface area (Å²) in [5, 5.41) is 3.01. The van der Waals surface area contributed by atoms with E-state index in [2.05, 4.69) is 4.98 Å². The van der Waals surface area contributed by atoms with Crippen LogP contribution in [-0.2, 0) is 11.3 Å². The number of carbonyl (C=O) groups is 1. The third-order valence-electron chi connectivity index (χ3n) is 3.76. The van der Waals surface area contributed by atoms with Crippen LogP contribution in [0.2, 0.25) is 0 Å². The van der Waals surface area contributed by atoms with Gasteiger partial charge in [0.2, 0.25) is 0 Å². The van der Waals surface area contributed by atoms with Crippen LogP contribution in [0.5, 0.6) is 5.75 Å². The van der Waals surface area contributed by atoms with E-state index in [1.54, 1.807) is 17.4 Å². The first-order chi connectivity index (χ1) is 11.1. The van der Waals surface area contributed by atoms with Crippen LogP contribution in [0.1, 0.15) is 28.0 Å². The molecule has 1 aromatic carbocycles. The van der Waals surface area contributed by atoms with Crippen molar-refractivity contribution in [3.8, 4) is 5.75 Å². The molecule has 1 aliphatic heterocycles. The Morgan fingerprint density at radius 1 is 1.52 bits per heavy atom. The molecule has 3 rings (SSSR count). The molecule has 0 unspecified atom stereocenters. The highest BCUT2D eigenvalue weighted by Gasteiger charge is 2.24. The van der Waals surface area contributed by atoms with Crippen molar-refractivity contribution < 1.29 is 14.3 Å². The lowest BCUT2D eigenvalue weighted by Crippen LogP contribution is -2.47. The van der Waals surface area contributed by atoms with Crippen molar-refractivity contribution in [2.75, 3.05) is 19.8 Å². The zero-order valence-corrected chi connectivity index (χ0v) is 14.1. The Kier molecular flexibility index (Phi) is 4.93. The molecule has 0 radical (unpaired) electrons. The summed E-state index contributed by atoms with van der Waals surface area (Å²) in [7, 11) is 0. The SMILES string of the molecule is Cc1nc(COc2cccc(C(=O)N3CCOC[C@@H]3C)c2)cs1. The van der Waals surface area contributed by atoms with Crippen LogP contribution in [0.25, 0.3) is 0 Å². The fourth-order valence-corrected chi connectivity index (χ4v) is 3.14. The highest BCUT2D eigenvalue weighted by Crippen LogP contribution is 2.19. The van der Waals surface area contributed by atoms with Crippen LogP contribution in [-0.4, -0.2) is 41.6 Å². The van der Waals surface area contributed by atoms with Crippen molar-refractivity contribution in [1.82, 2.24) is 9.88 Å². The lowest BCUT2D eigenvalue weighted by Gasteiger charge is -2.33. The summed E-state index contributed by atoms with van der Waals surface area (Å²) in [6.07, 6.45) is 0. The van der Waals surface area contributed by atoms with Crippen molar-refractivity contribution in [3.05, 3.63) is 45.9 Å². The Morgan fingerprint density at radius 2 is 2.39 bits per heavy atom. The van der Waals surface area contributed by atoms with Crippen molar-refractivity contribution in [2.24, 2.45) is 0 Å². The molecule has 1 aliphatic rings. The topological polar surface area (TPSA) is 51.7 Å². The second-order valence-corrected chi connectivity index (χ2v) is 6.66. The van der Waals surface area contributed by atoms with E-state index in [-0.39, 0.29) is 11.9 Å². The van der Waals surface area contributed by atoms with Crippen LogP contribution >= 0.6 is 11.3 Å². The van der Waals surface area contributed by atoms with E-state index in [0.717, 1.165) is 10.7 Å². The second-order valence-electron chi connectivity index (χ2n) is 5.60. The summed E-state index contributed by atoms with van der Waals surface area (Å²) in [5.74, 6) is 0.707. The van der Waals surface area contributed by atoms with E-state index in [0.29, 0.717) is 37.7 Å². The molecule has 0 bridgehead atoms. The van der Waals surface area contributed by atoms with Gasteiger partial charge in [0.05, 0.1) is 30.0 Å². The molecule has 1 fully saturated rings. The molecule has 23 heavy (non-hydrogen) atoms. The van der Waals surface area contributed by atoms with E-state index < -0.39 is 0 Å². The molecule has 122 valence electrons. The fourth-order valence-electron chi connectivity index (χ4n) is 2.55. The minimum Gasteiger partial charge on any atom is -0.487 e. The molecule has 0 aliphatic carbocycles. The maximum atomic E-state index is 12.6. The van der Waals surface area contributed by atoms with Crippen molar-refractivity contribution in [1.29, 1.82) is 0 Å². The summed E-state index contributed by atoms with van der Waals surface area (Å²) in [6, 6.07) is 7.42. The van der Waals surface area contributed by atoms with Gasteiger partial charge in [0, 0.05) is 17.5 Å². The summed E-state index contributed by atoms with van der Waals surface area (Å²) < 4.78 is 11.1. The number of ether oxygens (including phenoxy) is 2. The van der Waals surface area contributed by atoms with Gasteiger partial charge >= 0.3 is 0 Å². The van der Waals surface area contributed by atoms with Crippen LogP contribution in [0.3, 0.4) is 0 Å². The number of aryl methyl sites for hydroxylation is 1. The van der Waals surface area contributed by atoms with Gasteiger partial charge in [-0.3, -0.25) is 4.79 Å². The number of carbonyl (C=O) groups excluding carboxylic acids is 1. The minimum absolute atomic E-state index is 0.0238. The van der Waals surface area contributed by atoms with E-state index in [1.807, 2.05) is 42.3 Å². The van der Waals surface area contributed by atoms with Gasteiger partial charge in [-0.1, -0.05) is 6.07 Å². The van der Waals surface area contributed by atoms with E-state index in [4.69, 9.17) is 9.47 Å². The monoisotopic (exact) mass is 332 g/mol. The highest BCUT2D eigenvalue weighted by atomic mass is 32.1. The number of hydrogen-bond donors (Lipinski definition) is 0. The summed E-state index contributed by atoms with van der Waals surface area (Å²) in [6.45, 7) is 6.19. The summed E-state index contributed by atoms with van der Waals surface area (Å²) in [4.78, 5) is 18.9. The first kappa shape index (κ1) is 16.0. The number of aromatic nitrogens is 1. The van der Waals surface area contributed by atoms with Gasteiger partial charge in [-0.15, -0.1) is 11.3 Å². The predicted molar refractivity (Wildman–Crippen MR) is 88.9 cm³/mol. The zero-order chi connectivity index (χ0) is 16.2. The molecule has 0 spiro atoms. The van der Waals surface area contributed by atoms with E-state index >= 15 is 0 Å². The molecular weight excluding hydrogens is 312 g/mol. The van der Waals surface area contributed by atoms with Gasteiger partial charge in [-0.25, -0.2) is 4.98 Å². The Balaban J connectivity index is 1.67. The Labute approximate surface area is 139 Å². The van der Waals surface area contributed by atoms with Gasteiger partial charge in [-0.05, 0) is 32.0 Å². The third kappa shape index (κ3) is 3.89. The average molecular weight is 332 g/mol. The normalized spacial score (nSPS) is 18.0. The highest BCUT2D eigenvalue weighted by molar-refractivity contribution is 7.09. The maximum absolute atomic E-state index is 12.6. The molecule has 5 nitrogen and oxygen atoms in total. The molecule has 0 saturated carbocycles. The van der Waals surface area contributed by atoms with Crippen LogP contribution < -0.4 is 4.74 Å². The van der Waals surface area contributed by atoms with Crippen molar-refractivity contribution >= 4 is 17.2 Å². The Hall–Kier alpha value is -1.92. The van der Waals surface area contributed by atoms with Crippen molar-refractivity contribution in [3.63, 3.8) is 0 Å². The Bertz CT molecular complexity index is 686. The number of nitrogens with zero attached hydrogens (tertiary/aromatic N) is 2. The Morgan fingerprint density at radius 3 is 3.13 bits per heavy atom. The minimum atomic E-state index is 0.0238. The number of rotatable bonds is 4. The lowest BCUT2D eigenvalue weighted by atomic mass is 10.1. The zero-order valence-electron chi connectivity index (χ0n) is 13.3. The number of benzene rings is 1. The molecule has 0 N–H and O–H groups in total. The van der Waals surface area contributed by atoms with Gasteiger partial charge in [-0.2, -0.15) is 0 Å². The molecule has 6 heteroatoms. The molecule has 1 saturated heterocycles. The lowest BCUT2D eigenvalue weighted by molar-refractivity contribution is 0.00357. The first-order valence-electron chi connectivity index (χ1n) is 7.66. The second kappa shape index (κ2) is 7.10. The molecule has 2 heterocycles. The van der Waals surface area contributed by atoms with Gasteiger partial charge < -0.3 is 14.4 Å². The van der Waals surface area contributed by atoms with Crippen LogP contribution in [0.4, 0.5) is 0 Å². The third-order valence-corrected chi connectivity index (χ3v) is 4.59. The quantitative estimate of drug-likeness (QED) is 0.864. The van der Waals surface area contributed by atoms with Gasteiger partial charge in [0.1, 0.15) is 12.4 Å². The summed E-state index contributed by atoms with van der Waals surface area (Å²) in [5.41, 5.74) is 1.55. The van der Waals surface area contributed by atoms with Crippen LogP contribution in [0.15, 0.2) is 29.6 Å². The fraction of sp³-hybridized carbons (Fsp3) is 0.412. The number of thiazole rings is 1. The standard InChI is InChI=1S/C17H20N2O3S/c1-12-9-21-7-6-19(12)17(20)14-4-3-5-16(8-14)22-10-15-11-23-13(2)18-15/h3-5,8,11-12H,6-7,9-10H2,1-2H3/t12-/m0/s1. The van der Waals surface area contributed by atoms with E-state index in [1.165, 1.54) is 0 Å². The molecule has 1 atom stereocenters. The maximum Gasteiger partial charge on any atom is 0.254 e. The number of amides is 1. The first-order valence-corrected chi connectivity index (χ1v) is 8.54. The predicted octanol–water partition coefficient (Wildman–Crippen LogP) is 2.89. The average Bonchev–Trinajstić information content (AvgIpc) is 2.98. The van der Waals surface area contributed by atoms with Gasteiger partial charge in [0.15, 0.2) is 0 Å². The van der Waals surface area contributed by atoms with Crippen molar-refractivity contribution in [2.45, 2.75) is 26.5 Å². The van der Waals surface area contributed by atoms with Crippen LogP contribution in [0, 0.1) is 6.92 Å². The molecule has 1 aromatic heterocycles. The summed E-state index contributed by atoms with van der Waals surface area (Å²) >= 11 is 1.60. The van der Waals surface area contributed by atoms with E-state index in [9.17, 15) is 4.79 Å². The number of morpholine rings is 1. The largest absolute Gasteiger partial charge is 0.487 e. The van der Waals surface area contributed by atoms with Gasteiger partial charge in [0.25, 0.3) is 5.91 Å². The smallest absolute Gasteiger partial charge is 0.254 e. The molecule has 1 amide bonds. The molecular formula is C17H20N2O3S. The molecule has 2 aromatic rings. The number of hydrogen-bond acceptors (Lipinski definition) is 5.